The van der Waals surface area contributed by atoms with Crippen LogP contribution >= 0.6 is 34.7 Å². The Morgan fingerprint density at radius 1 is 1.39 bits per heavy atom. The van der Waals surface area contributed by atoms with E-state index in [2.05, 4.69) is 20.3 Å². The Morgan fingerprint density at radius 2 is 2.28 bits per heavy atom. The van der Waals surface area contributed by atoms with Gasteiger partial charge in [-0.2, -0.15) is 0 Å². The largest absolute Gasteiger partial charge is 0.333 e. The summed E-state index contributed by atoms with van der Waals surface area (Å²) >= 11 is 9.27. The summed E-state index contributed by atoms with van der Waals surface area (Å²) in [6, 6.07) is 5.66. The first-order valence-electron chi connectivity index (χ1n) is 5.40. The Morgan fingerprint density at radius 3 is 3.06 bits per heavy atom. The van der Waals surface area contributed by atoms with Gasteiger partial charge >= 0.3 is 0 Å². The zero-order valence-electron chi connectivity index (χ0n) is 9.61. The smallest absolute Gasteiger partial charge is 0.166 e. The lowest BCUT2D eigenvalue weighted by Gasteiger charge is -1.92. The van der Waals surface area contributed by atoms with Gasteiger partial charge in [0.2, 0.25) is 0 Å². The summed E-state index contributed by atoms with van der Waals surface area (Å²) in [4.78, 5) is 12.2. The number of nitrogens with one attached hydrogen (secondary N) is 1. The molecule has 0 saturated heterocycles. The molecule has 0 aliphatic rings. The summed E-state index contributed by atoms with van der Waals surface area (Å²) in [7, 11) is 0. The molecule has 3 nitrogen and oxygen atoms in total. The molecule has 0 bridgehead atoms. The van der Waals surface area contributed by atoms with E-state index in [9.17, 15) is 0 Å². The molecule has 18 heavy (non-hydrogen) atoms. The lowest BCUT2D eigenvalue weighted by molar-refractivity contribution is 1.07. The van der Waals surface area contributed by atoms with E-state index < -0.39 is 0 Å². The maximum atomic E-state index is 5.94. The van der Waals surface area contributed by atoms with Crippen LogP contribution in [-0.2, 0) is 5.75 Å². The number of hydrogen-bond donors (Lipinski definition) is 1. The number of thiazole rings is 1. The second-order valence-electron chi connectivity index (χ2n) is 3.85. The highest BCUT2D eigenvalue weighted by molar-refractivity contribution is 7.98. The highest BCUT2D eigenvalue weighted by atomic mass is 35.5. The molecule has 0 spiro atoms. The minimum Gasteiger partial charge on any atom is -0.333 e. The first-order chi connectivity index (χ1) is 8.70. The molecule has 0 unspecified atom stereocenters. The van der Waals surface area contributed by atoms with Gasteiger partial charge in [0.1, 0.15) is 0 Å². The highest BCUT2D eigenvalue weighted by Gasteiger charge is 2.05. The molecule has 2 heterocycles. The highest BCUT2D eigenvalue weighted by Crippen LogP contribution is 2.25. The van der Waals surface area contributed by atoms with Gasteiger partial charge in [-0.15, -0.1) is 11.3 Å². The van der Waals surface area contributed by atoms with Gasteiger partial charge in [0.05, 0.1) is 21.7 Å². The number of halogens is 1. The van der Waals surface area contributed by atoms with Gasteiger partial charge in [-0.1, -0.05) is 23.4 Å². The first-order valence-corrected chi connectivity index (χ1v) is 7.64. The van der Waals surface area contributed by atoms with Crippen molar-refractivity contribution in [3.63, 3.8) is 0 Å². The fourth-order valence-corrected chi connectivity index (χ4v) is 3.31. The molecule has 0 radical (unpaired) electrons. The predicted molar refractivity (Wildman–Crippen MR) is 77.5 cm³/mol. The number of aromatic amines is 1. The van der Waals surface area contributed by atoms with Crippen LogP contribution < -0.4 is 0 Å². The number of nitrogens with zero attached hydrogens (tertiary/aromatic N) is 2. The number of fused-ring (bicyclic) bond motifs is 1. The normalized spacial score (nSPS) is 11.2. The van der Waals surface area contributed by atoms with Crippen LogP contribution in [0.4, 0.5) is 0 Å². The van der Waals surface area contributed by atoms with E-state index >= 15 is 0 Å². The zero-order chi connectivity index (χ0) is 12.5. The van der Waals surface area contributed by atoms with E-state index in [4.69, 9.17) is 11.6 Å². The van der Waals surface area contributed by atoms with Gasteiger partial charge in [0.15, 0.2) is 5.16 Å². The Bertz CT molecular complexity index is 690. The van der Waals surface area contributed by atoms with Crippen LogP contribution in [0.15, 0.2) is 28.7 Å². The van der Waals surface area contributed by atoms with Gasteiger partial charge in [-0.05, 0) is 25.1 Å². The van der Waals surface area contributed by atoms with Crippen molar-refractivity contribution in [2.24, 2.45) is 0 Å². The van der Waals surface area contributed by atoms with Crippen molar-refractivity contribution in [2.75, 3.05) is 0 Å². The van der Waals surface area contributed by atoms with Crippen LogP contribution in [0.25, 0.3) is 11.0 Å². The van der Waals surface area contributed by atoms with E-state index in [1.54, 1.807) is 23.1 Å². The molecule has 0 atom stereocenters. The third-order valence-corrected chi connectivity index (χ3v) is 4.41. The monoisotopic (exact) mass is 295 g/mol. The fraction of sp³-hybridized carbons (Fsp3) is 0.167. The molecule has 0 aliphatic heterocycles. The van der Waals surface area contributed by atoms with Crippen LogP contribution in [0.2, 0.25) is 5.02 Å². The van der Waals surface area contributed by atoms with E-state index in [0.717, 1.165) is 37.7 Å². The number of H-pyrrole nitrogens is 1. The van der Waals surface area contributed by atoms with E-state index in [-0.39, 0.29) is 0 Å². The minimum atomic E-state index is 0.720. The lowest BCUT2D eigenvalue weighted by Crippen LogP contribution is -1.81. The van der Waals surface area contributed by atoms with Crippen molar-refractivity contribution in [1.82, 2.24) is 15.0 Å². The summed E-state index contributed by atoms with van der Waals surface area (Å²) < 4.78 is 0. The number of imidazole rings is 1. The van der Waals surface area contributed by atoms with Crippen LogP contribution in [0, 0.1) is 6.92 Å². The molecule has 0 amide bonds. The summed E-state index contributed by atoms with van der Waals surface area (Å²) in [6.45, 7) is 2.02. The third kappa shape index (κ3) is 2.53. The van der Waals surface area contributed by atoms with Gasteiger partial charge in [-0.3, -0.25) is 0 Å². The predicted octanol–water partition coefficient (Wildman–Crippen LogP) is 4.27. The van der Waals surface area contributed by atoms with Crippen LogP contribution in [0.1, 0.15) is 10.7 Å². The van der Waals surface area contributed by atoms with Crippen molar-refractivity contribution < 1.29 is 0 Å². The molecule has 1 aromatic carbocycles. The Hall–Kier alpha value is -1.04. The van der Waals surface area contributed by atoms with E-state index in [1.807, 2.05) is 25.1 Å². The van der Waals surface area contributed by atoms with Crippen LogP contribution in [0.3, 0.4) is 0 Å². The number of thioether (sulfide) groups is 1. The molecule has 6 heteroatoms. The summed E-state index contributed by atoms with van der Waals surface area (Å²) in [5.41, 5.74) is 3.01. The molecule has 3 rings (SSSR count). The van der Waals surface area contributed by atoms with Crippen LogP contribution in [0.5, 0.6) is 0 Å². The molecule has 92 valence electrons. The second kappa shape index (κ2) is 4.91. The first kappa shape index (κ1) is 12.0. The number of aromatic nitrogens is 3. The zero-order valence-corrected chi connectivity index (χ0v) is 12.0. The number of hydrogen-bond acceptors (Lipinski definition) is 4. The van der Waals surface area contributed by atoms with Gasteiger partial charge in [-0.25, -0.2) is 9.97 Å². The Kier molecular flexibility index (Phi) is 3.28. The number of rotatable bonds is 3. The number of aryl methyl sites for hydroxylation is 1. The van der Waals surface area contributed by atoms with Gasteiger partial charge in [0, 0.05) is 16.2 Å². The molecular formula is C12H10ClN3S2. The Labute approximate surface area is 118 Å². The van der Waals surface area contributed by atoms with Crippen molar-refractivity contribution in [3.05, 3.63) is 39.3 Å². The molecule has 1 N–H and O–H groups in total. The average Bonchev–Trinajstić information content (AvgIpc) is 2.92. The quantitative estimate of drug-likeness (QED) is 0.734. The Balaban J connectivity index is 1.78. The summed E-state index contributed by atoms with van der Waals surface area (Å²) in [6.07, 6.45) is 0. The van der Waals surface area contributed by atoms with Gasteiger partial charge < -0.3 is 4.98 Å². The topological polar surface area (TPSA) is 41.6 Å². The number of benzene rings is 1. The fourth-order valence-electron chi connectivity index (χ4n) is 1.64. The minimum absolute atomic E-state index is 0.720. The molecule has 0 saturated carbocycles. The van der Waals surface area contributed by atoms with Crippen molar-refractivity contribution in [1.29, 1.82) is 0 Å². The SMILES string of the molecule is Cc1nc(CSc2nc3ccc(Cl)cc3[nH]2)cs1. The average molecular weight is 296 g/mol. The molecule has 0 fully saturated rings. The molecule has 3 aromatic rings. The standard InChI is InChI=1S/C12H10ClN3S2/c1-7-14-9(5-17-7)6-18-12-15-10-3-2-8(13)4-11(10)16-12/h2-5H,6H2,1H3,(H,15,16). The van der Waals surface area contributed by atoms with Crippen molar-refractivity contribution >= 4 is 45.7 Å². The van der Waals surface area contributed by atoms with Gasteiger partial charge in [0.25, 0.3) is 0 Å². The lowest BCUT2D eigenvalue weighted by atomic mass is 10.3. The van der Waals surface area contributed by atoms with Crippen molar-refractivity contribution in [3.8, 4) is 0 Å². The summed E-state index contributed by atoms with van der Waals surface area (Å²) in [5.74, 6) is 0.831. The second-order valence-corrected chi connectivity index (χ2v) is 6.31. The maximum absolute atomic E-state index is 5.94. The van der Waals surface area contributed by atoms with Crippen molar-refractivity contribution in [2.45, 2.75) is 17.8 Å². The van der Waals surface area contributed by atoms with E-state index in [1.165, 1.54) is 0 Å². The molecular weight excluding hydrogens is 286 g/mol. The molecule has 0 aliphatic carbocycles. The van der Waals surface area contributed by atoms with E-state index in [0.29, 0.717) is 0 Å². The third-order valence-electron chi connectivity index (χ3n) is 2.45. The molecule has 2 aromatic heterocycles. The maximum Gasteiger partial charge on any atom is 0.166 e. The summed E-state index contributed by atoms with van der Waals surface area (Å²) in [5, 5.41) is 4.81. The van der Waals surface area contributed by atoms with Crippen LogP contribution in [-0.4, -0.2) is 15.0 Å².